The van der Waals surface area contributed by atoms with E-state index in [2.05, 4.69) is 17.1 Å². The summed E-state index contributed by atoms with van der Waals surface area (Å²) in [5.74, 6) is -0.737. The van der Waals surface area contributed by atoms with E-state index in [0.717, 1.165) is 10.5 Å². The molecule has 1 aliphatic heterocycles. The lowest BCUT2D eigenvalue weighted by Crippen LogP contribution is -2.31. The summed E-state index contributed by atoms with van der Waals surface area (Å²) in [5, 5.41) is 1.88. The molecule has 0 unspecified atom stereocenters. The Morgan fingerprint density at radius 1 is 1.16 bits per heavy atom. The molecule has 7 heteroatoms. The maximum Gasteiger partial charge on any atom is 0.250 e. The molecular formula is C18H19N3O3S. The van der Waals surface area contributed by atoms with Gasteiger partial charge in [-0.15, -0.1) is 11.3 Å². The van der Waals surface area contributed by atoms with Crippen molar-refractivity contribution in [2.45, 2.75) is 32.7 Å². The van der Waals surface area contributed by atoms with Crippen LogP contribution < -0.4 is 4.80 Å². The summed E-state index contributed by atoms with van der Waals surface area (Å²) in [7, 11) is 0. The Kier molecular flexibility index (Phi) is 5.23. The van der Waals surface area contributed by atoms with Gasteiger partial charge in [-0.3, -0.25) is 19.3 Å². The van der Waals surface area contributed by atoms with E-state index >= 15 is 0 Å². The predicted molar refractivity (Wildman–Crippen MR) is 93.7 cm³/mol. The number of amides is 3. The lowest BCUT2D eigenvalue weighted by molar-refractivity contribution is -0.138. The second-order valence-electron chi connectivity index (χ2n) is 5.99. The topological polar surface area (TPSA) is 71.7 Å². The highest BCUT2D eigenvalue weighted by Gasteiger charge is 2.28. The number of hydrogen-bond donors (Lipinski definition) is 0. The summed E-state index contributed by atoms with van der Waals surface area (Å²) < 4.78 is 1.92. The van der Waals surface area contributed by atoms with E-state index in [4.69, 9.17) is 0 Å². The third-order valence-electron chi connectivity index (χ3n) is 4.06. The van der Waals surface area contributed by atoms with E-state index in [9.17, 15) is 14.4 Å². The molecule has 6 nitrogen and oxygen atoms in total. The summed E-state index contributed by atoms with van der Waals surface area (Å²) in [5.41, 5.74) is 2.33. The number of rotatable bonds is 5. The van der Waals surface area contributed by atoms with Gasteiger partial charge < -0.3 is 4.57 Å². The fourth-order valence-corrected chi connectivity index (χ4v) is 3.38. The van der Waals surface area contributed by atoms with Crippen molar-refractivity contribution in [2.24, 2.45) is 4.99 Å². The minimum atomic E-state index is -0.326. The standard InChI is InChI=1S/C18H19N3O3S/c1-13-2-4-14(5-3-13)12-20-10-11-25-18(20)19-15(22)8-9-21-16(23)6-7-17(21)24/h2-5,10-11H,6-9,12H2,1H3. The van der Waals surface area contributed by atoms with Gasteiger partial charge in [-0.1, -0.05) is 29.8 Å². The van der Waals surface area contributed by atoms with Crippen LogP contribution in [0, 0.1) is 6.92 Å². The van der Waals surface area contributed by atoms with Gasteiger partial charge in [-0.2, -0.15) is 4.99 Å². The van der Waals surface area contributed by atoms with Crippen molar-refractivity contribution in [3.8, 4) is 0 Å². The summed E-state index contributed by atoms with van der Waals surface area (Å²) >= 11 is 1.39. The van der Waals surface area contributed by atoms with Gasteiger partial charge in [0.2, 0.25) is 17.7 Å². The van der Waals surface area contributed by atoms with Gasteiger partial charge in [0.05, 0.1) is 0 Å². The normalized spacial score (nSPS) is 15.2. The monoisotopic (exact) mass is 357 g/mol. The molecule has 25 heavy (non-hydrogen) atoms. The number of aromatic nitrogens is 1. The second kappa shape index (κ2) is 7.57. The van der Waals surface area contributed by atoms with E-state index in [0.29, 0.717) is 11.3 Å². The number of thiazole rings is 1. The molecule has 1 fully saturated rings. The summed E-state index contributed by atoms with van der Waals surface area (Å²) in [6, 6.07) is 8.20. The number of carbonyl (C=O) groups is 3. The first-order chi connectivity index (χ1) is 12.0. The first kappa shape index (κ1) is 17.3. The average Bonchev–Trinajstić information content (AvgIpc) is 3.15. The van der Waals surface area contributed by atoms with E-state index in [1.807, 2.05) is 35.2 Å². The summed E-state index contributed by atoms with van der Waals surface area (Å²) in [6.07, 6.45) is 2.43. The molecule has 2 heterocycles. The average molecular weight is 357 g/mol. The fraction of sp³-hybridized carbons (Fsp3) is 0.333. The van der Waals surface area contributed by atoms with E-state index in [-0.39, 0.29) is 43.5 Å². The molecule has 0 spiro atoms. The first-order valence-electron chi connectivity index (χ1n) is 8.13. The lowest BCUT2D eigenvalue weighted by atomic mass is 10.1. The van der Waals surface area contributed by atoms with Gasteiger partial charge in [-0.25, -0.2) is 0 Å². The Balaban J connectivity index is 1.66. The highest BCUT2D eigenvalue weighted by molar-refractivity contribution is 7.07. The maximum atomic E-state index is 12.1. The number of imide groups is 1. The van der Waals surface area contributed by atoms with Crippen molar-refractivity contribution in [3.05, 3.63) is 51.8 Å². The van der Waals surface area contributed by atoms with Gasteiger partial charge >= 0.3 is 0 Å². The molecule has 1 aromatic carbocycles. The van der Waals surface area contributed by atoms with Crippen LogP contribution in [0.15, 0.2) is 40.8 Å². The van der Waals surface area contributed by atoms with Crippen LogP contribution in [0.3, 0.4) is 0 Å². The molecule has 0 aliphatic carbocycles. The number of benzene rings is 1. The van der Waals surface area contributed by atoms with Crippen LogP contribution in [-0.2, 0) is 20.9 Å². The highest BCUT2D eigenvalue weighted by Crippen LogP contribution is 2.12. The Morgan fingerprint density at radius 2 is 1.84 bits per heavy atom. The van der Waals surface area contributed by atoms with Crippen LogP contribution in [0.5, 0.6) is 0 Å². The van der Waals surface area contributed by atoms with Crippen LogP contribution >= 0.6 is 11.3 Å². The molecule has 3 amide bonds. The molecule has 1 aliphatic rings. The van der Waals surface area contributed by atoms with E-state index in [1.54, 1.807) is 0 Å². The third kappa shape index (κ3) is 4.30. The number of likely N-dealkylation sites (tertiary alicyclic amines) is 1. The molecule has 0 saturated carbocycles. The van der Waals surface area contributed by atoms with Crippen molar-refractivity contribution < 1.29 is 14.4 Å². The predicted octanol–water partition coefficient (Wildman–Crippen LogP) is 1.87. The molecule has 0 atom stereocenters. The van der Waals surface area contributed by atoms with E-state index in [1.165, 1.54) is 16.9 Å². The summed E-state index contributed by atoms with van der Waals surface area (Å²) in [4.78, 5) is 41.1. The first-order valence-corrected chi connectivity index (χ1v) is 9.01. The van der Waals surface area contributed by atoms with Gasteiger partial charge in [-0.05, 0) is 12.5 Å². The Hall–Kier alpha value is -2.54. The third-order valence-corrected chi connectivity index (χ3v) is 4.85. The number of carbonyl (C=O) groups excluding carboxylic acids is 3. The molecule has 0 radical (unpaired) electrons. The minimum absolute atomic E-state index is 0.0555. The van der Waals surface area contributed by atoms with Crippen molar-refractivity contribution in [2.75, 3.05) is 6.54 Å². The lowest BCUT2D eigenvalue weighted by Gasteiger charge is -2.11. The van der Waals surface area contributed by atoms with Crippen LogP contribution in [0.1, 0.15) is 30.4 Å². The Morgan fingerprint density at radius 3 is 2.52 bits per heavy atom. The SMILES string of the molecule is Cc1ccc(Cn2ccsc2=NC(=O)CCN2C(=O)CCC2=O)cc1. The number of nitrogens with zero attached hydrogens (tertiary/aromatic N) is 3. The molecule has 1 saturated heterocycles. The smallest absolute Gasteiger partial charge is 0.250 e. The van der Waals surface area contributed by atoms with Crippen molar-refractivity contribution >= 4 is 29.1 Å². The molecular weight excluding hydrogens is 338 g/mol. The zero-order valence-corrected chi connectivity index (χ0v) is 14.8. The van der Waals surface area contributed by atoms with Gasteiger partial charge in [0.15, 0.2) is 4.80 Å². The van der Waals surface area contributed by atoms with Gasteiger partial charge in [0.25, 0.3) is 0 Å². The molecule has 3 rings (SSSR count). The molecule has 1 aromatic heterocycles. The van der Waals surface area contributed by atoms with Crippen LogP contribution in [0.2, 0.25) is 0 Å². The zero-order chi connectivity index (χ0) is 17.8. The molecule has 2 aromatic rings. The highest BCUT2D eigenvalue weighted by atomic mass is 32.1. The van der Waals surface area contributed by atoms with Gasteiger partial charge in [0, 0.05) is 43.9 Å². The Bertz CT molecular complexity index is 848. The quantitative estimate of drug-likeness (QED) is 0.767. The maximum absolute atomic E-state index is 12.1. The minimum Gasteiger partial charge on any atom is -0.319 e. The van der Waals surface area contributed by atoms with Crippen LogP contribution in [-0.4, -0.2) is 33.7 Å². The molecule has 0 bridgehead atoms. The van der Waals surface area contributed by atoms with Crippen molar-refractivity contribution in [1.82, 2.24) is 9.47 Å². The number of hydrogen-bond acceptors (Lipinski definition) is 4. The van der Waals surface area contributed by atoms with Crippen LogP contribution in [0.4, 0.5) is 0 Å². The zero-order valence-electron chi connectivity index (χ0n) is 14.0. The van der Waals surface area contributed by atoms with Crippen LogP contribution in [0.25, 0.3) is 0 Å². The van der Waals surface area contributed by atoms with Crippen molar-refractivity contribution in [1.29, 1.82) is 0 Å². The van der Waals surface area contributed by atoms with E-state index < -0.39 is 0 Å². The Labute approximate surface area is 149 Å². The second-order valence-corrected chi connectivity index (χ2v) is 6.87. The summed E-state index contributed by atoms with van der Waals surface area (Å²) in [6.45, 7) is 2.79. The molecule has 130 valence electrons. The van der Waals surface area contributed by atoms with Crippen molar-refractivity contribution in [3.63, 3.8) is 0 Å². The van der Waals surface area contributed by atoms with Gasteiger partial charge in [0.1, 0.15) is 0 Å². The molecule has 0 N–H and O–H groups in total. The number of aryl methyl sites for hydroxylation is 1. The fourth-order valence-electron chi connectivity index (χ4n) is 2.64. The largest absolute Gasteiger partial charge is 0.319 e.